The van der Waals surface area contributed by atoms with Gasteiger partial charge in [0.15, 0.2) is 6.10 Å². The zero-order chi connectivity index (χ0) is 18.8. The van der Waals surface area contributed by atoms with Crippen molar-refractivity contribution >= 4 is 28.5 Å². The Hall–Kier alpha value is -2.43. The molecular formula is C21H20ClNO3. The molecule has 0 saturated heterocycles. The highest BCUT2D eigenvalue weighted by molar-refractivity contribution is 6.31. The topological polar surface area (TPSA) is 59.4 Å². The fourth-order valence-corrected chi connectivity index (χ4v) is 3.30. The Labute approximate surface area is 157 Å². The number of aliphatic carboxylic acids is 1. The molecule has 2 aromatic carbocycles. The van der Waals surface area contributed by atoms with Gasteiger partial charge in [-0.25, -0.2) is 4.79 Å². The lowest BCUT2D eigenvalue weighted by atomic mass is 9.91. The average molecular weight is 370 g/mol. The van der Waals surface area contributed by atoms with E-state index in [0.717, 1.165) is 22.0 Å². The predicted molar refractivity (Wildman–Crippen MR) is 104 cm³/mol. The SMILES string of the molecule is Cc1nc2ccc(Cl)cc2c(-c2ccccc2)c1C(OC(C)C)C(=O)O. The van der Waals surface area contributed by atoms with E-state index in [0.29, 0.717) is 16.3 Å². The summed E-state index contributed by atoms with van der Waals surface area (Å²) in [4.78, 5) is 16.6. The van der Waals surface area contributed by atoms with Crippen molar-refractivity contribution in [2.75, 3.05) is 0 Å². The van der Waals surface area contributed by atoms with Gasteiger partial charge in [-0.3, -0.25) is 4.98 Å². The maximum atomic E-state index is 12.0. The molecule has 0 fully saturated rings. The van der Waals surface area contributed by atoms with Gasteiger partial charge in [0, 0.05) is 21.7 Å². The molecule has 134 valence electrons. The Bertz CT molecular complexity index is 954. The summed E-state index contributed by atoms with van der Waals surface area (Å²) in [6.07, 6.45) is -1.35. The maximum absolute atomic E-state index is 12.0. The third kappa shape index (κ3) is 3.57. The number of benzene rings is 2. The van der Waals surface area contributed by atoms with Gasteiger partial charge in [-0.1, -0.05) is 41.9 Å². The van der Waals surface area contributed by atoms with Crippen LogP contribution in [0.5, 0.6) is 0 Å². The smallest absolute Gasteiger partial charge is 0.337 e. The van der Waals surface area contributed by atoms with Crippen LogP contribution in [0.2, 0.25) is 5.02 Å². The van der Waals surface area contributed by atoms with Gasteiger partial charge in [-0.15, -0.1) is 0 Å². The van der Waals surface area contributed by atoms with E-state index in [1.807, 2.05) is 63.2 Å². The number of ether oxygens (including phenoxy) is 1. The first-order valence-corrected chi connectivity index (χ1v) is 8.79. The minimum absolute atomic E-state index is 0.241. The van der Waals surface area contributed by atoms with Crippen molar-refractivity contribution in [2.24, 2.45) is 0 Å². The number of aromatic nitrogens is 1. The first-order valence-electron chi connectivity index (χ1n) is 8.42. The zero-order valence-corrected chi connectivity index (χ0v) is 15.6. The van der Waals surface area contributed by atoms with Crippen LogP contribution < -0.4 is 0 Å². The molecule has 0 bridgehead atoms. The van der Waals surface area contributed by atoms with E-state index in [-0.39, 0.29) is 6.10 Å². The van der Waals surface area contributed by atoms with Gasteiger partial charge >= 0.3 is 5.97 Å². The van der Waals surface area contributed by atoms with Crippen LogP contribution in [-0.2, 0) is 9.53 Å². The number of fused-ring (bicyclic) bond motifs is 1. The number of hydrogen-bond donors (Lipinski definition) is 1. The lowest BCUT2D eigenvalue weighted by Crippen LogP contribution is -2.21. The Morgan fingerprint density at radius 3 is 2.46 bits per heavy atom. The largest absolute Gasteiger partial charge is 0.479 e. The third-order valence-electron chi connectivity index (χ3n) is 4.13. The average Bonchev–Trinajstić information content (AvgIpc) is 2.59. The molecule has 0 saturated carbocycles. The number of pyridine rings is 1. The summed E-state index contributed by atoms with van der Waals surface area (Å²) >= 11 is 6.22. The van der Waals surface area contributed by atoms with E-state index < -0.39 is 12.1 Å². The second-order valence-corrected chi connectivity index (χ2v) is 6.85. The van der Waals surface area contributed by atoms with Crippen LogP contribution in [0.3, 0.4) is 0 Å². The maximum Gasteiger partial charge on any atom is 0.337 e. The Kier molecular flexibility index (Phi) is 5.25. The van der Waals surface area contributed by atoms with Gasteiger partial charge < -0.3 is 9.84 Å². The summed E-state index contributed by atoms with van der Waals surface area (Å²) in [5.41, 5.74) is 3.66. The monoisotopic (exact) mass is 369 g/mol. The highest BCUT2D eigenvalue weighted by Gasteiger charge is 2.29. The number of carboxylic acids is 1. The molecule has 0 aliphatic heterocycles. The molecule has 0 spiro atoms. The lowest BCUT2D eigenvalue weighted by molar-refractivity contribution is -0.153. The Balaban J connectivity index is 2.41. The van der Waals surface area contributed by atoms with E-state index in [4.69, 9.17) is 16.3 Å². The fraction of sp³-hybridized carbons (Fsp3) is 0.238. The van der Waals surface area contributed by atoms with Crippen LogP contribution in [0.25, 0.3) is 22.0 Å². The molecule has 0 aliphatic carbocycles. The molecule has 3 aromatic rings. The minimum Gasteiger partial charge on any atom is -0.479 e. The molecule has 3 rings (SSSR count). The number of carboxylic acid groups (broad SMARTS) is 1. The fourth-order valence-electron chi connectivity index (χ4n) is 3.13. The first kappa shape index (κ1) is 18.4. The highest BCUT2D eigenvalue weighted by atomic mass is 35.5. The molecule has 26 heavy (non-hydrogen) atoms. The van der Waals surface area contributed by atoms with Gasteiger partial charge in [0.2, 0.25) is 0 Å². The van der Waals surface area contributed by atoms with Gasteiger partial charge in [-0.2, -0.15) is 0 Å². The zero-order valence-electron chi connectivity index (χ0n) is 14.9. The quantitative estimate of drug-likeness (QED) is 0.652. The van der Waals surface area contributed by atoms with Gasteiger partial charge in [0.1, 0.15) is 0 Å². The van der Waals surface area contributed by atoms with Gasteiger partial charge in [-0.05, 0) is 50.1 Å². The third-order valence-corrected chi connectivity index (χ3v) is 4.37. The summed E-state index contributed by atoms with van der Waals surface area (Å²) in [7, 11) is 0. The number of halogens is 1. The normalized spacial score (nSPS) is 12.5. The van der Waals surface area contributed by atoms with E-state index >= 15 is 0 Å². The van der Waals surface area contributed by atoms with Gasteiger partial charge in [0.25, 0.3) is 0 Å². The summed E-state index contributed by atoms with van der Waals surface area (Å²) in [5.74, 6) is -1.04. The molecule has 1 aromatic heterocycles. The van der Waals surface area contributed by atoms with Crippen molar-refractivity contribution in [3.63, 3.8) is 0 Å². The Morgan fingerprint density at radius 2 is 1.85 bits per heavy atom. The van der Waals surface area contributed by atoms with Crippen molar-refractivity contribution in [3.8, 4) is 11.1 Å². The van der Waals surface area contributed by atoms with Crippen molar-refractivity contribution in [1.82, 2.24) is 4.98 Å². The van der Waals surface area contributed by atoms with Crippen molar-refractivity contribution in [3.05, 3.63) is 64.8 Å². The van der Waals surface area contributed by atoms with Crippen LogP contribution in [0.15, 0.2) is 48.5 Å². The molecule has 4 nitrogen and oxygen atoms in total. The molecule has 5 heteroatoms. The number of rotatable bonds is 5. The van der Waals surface area contributed by atoms with Crippen LogP contribution >= 0.6 is 11.6 Å². The molecule has 0 amide bonds. The molecule has 0 aliphatic rings. The summed E-state index contributed by atoms with van der Waals surface area (Å²) in [5, 5.41) is 11.2. The van der Waals surface area contributed by atoms with E-state index in [1.165, 1.54) is 0 Å². The number of hydrogen-bond acceptors (Lipinski definition) is 3. The predicted octanol–water partition coefficient (Wildman–Crippen LogP) is 5.41. The molecule has 1 N–H and O–H groups in total. The molecule has 0 radical (unpaired) electrons. The summed E-state index contributed by atoms with van der Waals surface area (Å²) in [6, 6.07) is 15.1. The summed E-state index contributed by atoms with van der Waals surface area (Å²) < 4.78 is 5.75. The van der Waals surface area contributed by atoms with Crippen molar-refractivity contribution in [1.29, 1.82) is 0 Å². The van der Waals surface area contributed by atoms with E-state index in [2.05, 4.69) is 4.98 Å². The van der Waals surface area contributed by atoms with Gasteiger partial charge in [0.05, 0.1) is 11.6 Å². The van der Waals surface area contributed by atoms with Crippen LogP contribution in [-0.4, -0.2) is 22.2 Å². The minimum atomic E-state index is -1.11. The lowest BCUT2D eigenvalue weighted by Gasteiger charge is -2.23. The second-order valence-electron chi connectivity index (χ2n) is 6.42. The van der Waals surface area contributed by atoms with E-state index in [9.17, 15) is 9.90 Å². The van der Waals surface area contributed by atoms with Crippen molar-refractivity contribution < 1.29 is 14.6 Å². The second kappa shape index (κ2) is 7.44. The summed E-state index contributed by atoms with van der Waals surface area (Å²) in [6.45, 7) is 5.45. The Morgan fingerprint density at radius 1 is 1.15 bits per heavy atom. The molecule has 1 unspecified atom stereocenters. The van der Waals surface area contributed by atoms with Crippen LogP contribution in [0.1, 0.15) is 31.2 Å². The van der Waals surface area contributed by atoms with E-state index in [1.54, 1.807) is 6.07 Å². The van der Waals surface area contributed by atoms with Crippen molar-refractivity contribution in [2.45, 2.75) is 33.0 Å². The first-order chi connectivity index (χ1) is 12.4. The number of nitrogens with zero attached hydrogens (tertiary/aromatic N) is 1. The standard InChI is InChI=1S/C21H20ClNO3/c1-12(2)26-20(21(24)25)18-13(3)23-17-10-9-15(22)11-16(17)19(18)14-7-5-4-6-8-14/h4-12,20H,1-3H3,(H,24,25). The number of aryl methyl sites for hydroxylation is 1. The van der Waals surface area contributed by atoms with Crippen LogP contribution in [0, 0.1) is 6.92 Å². The molecule has 1 heterocycles. The highest BCUT2D eigenvalue weighted by Crippen LogP contribution is 2.39. The molecule has 1 atom stereocenters. The number of carbonyl (C=O) groups is 1. The molecular weight excluding hydrogens is 350 g/mol. The van der Waals surface area contributed by atoms with Crippen LogP contribution in [0.4, 0.5) is 0 Å².